The first-order valence-corrected chi connectivity index (χ1v) is 8.11. The molecule has 2 heterocycles. The van der Waals surface area contributed by atoms with E-state index in [1.165, 1.54) is 0 Å². The van der Waals surface area contributed by atoms with Crippen LogP contribution in [0.15, 0.2) is 22.7 Å². The van der Waals surface area contributed by atoms with Crippen LogP contribution in [-0.4, -0.2) is 22.6 Å². The lowest BCUT2D eigenvalue weighted by Crippen LogP contribution is -2.34. The van der Waals surface area contributed by atoms with Crippen molar-refractivity contribution in [2.24, 2.45) is 0 Å². The molecule has 0 aliphatic carbocycles. The van der Waals surface area contributed by atoms with Crippen LogP contribution in [0, 0.1) is 20.8 Å². The highest BCUT2D eigenvalue weighted by Crippen LogP contribution is 2.36. The van der Waals surface area contributed by atoms with Crippen LogP contribution >= 0.6 is 11.6 Å². The normalized spacial score (nSPS) is 17.6. The number of rotatable bonds is 2. The lowest BCUT2D eigenvalue weighted by atomic mass is 10.0. The van der Waals surface area contributed by atoms with E-state index in [0.717, 1.165) is 42.0 Å². The molecule has 3 rings (SSSR count). The fraction of sp³-hybridized carbons (Fsp3) is 0.412. The molecule has 1 aliphatic heterocycles. The molecule has 23 heavy (non-hydrogen) atoms. The van der Waals surface area contributed by atoms with E-state index in [1.54, 1.807) is 6.07 Å². The highest BCUT2D eigenvalue weighted by molar-refractivity contribution is 6.31. The van der Waals surface area contributed by atoms with E-state index in [0.29, 0.717) is 10.7 Å². The molecule has 1 saturated heterocycles. The maximum Gasteiger partial charge on any atom is 0.322 e. The summed E-state index contributed by atoms with van der Waals surface area (Å²) in [5, 5.41) is 7.59. The zero-order chi connectivity index (χ0) is 16.6. The van der Waals surface area contributed by atoms with Crippen molar-refractivity contribution in [3.63, 3.8) is 0 Å². The molecule has 0 spiro atoms. The first-order chi connectivity index (χ1) is 11.0. The van der Waals surface area contributed by atoms with Gasteiger partial charge in [0.25, 0.3) is 0 Å². The summed E-state index contributed by atoms with van der Waals surface area (Å²) in [5.74, 6) is 0.783. The molecule has 0 bridgehead atoms. The average molecular weight is 334 g/mol. The fourth-order valence-corrected chi connectivity index (χ4v) is 3.32. The third kappa shape index (κ3) is 3.06. The Bertz CT molecular complexity index is 722. The van der Waals surface area contributed by atoms with Crippen molar-refractivity contribution in [2.75, 3.05) is 11.9 Å². The molecule has 1 aromatic heterocycles. The molecule has 1 aliphatic rings. The largest absolute Gasteiger partial charge is 0.361 e. The van der Waals surface area contributed by atoms with Gasteiger partial charge in [-0.25, -0.2) is 4.79 Å². The molecule has 122 valence electrons. The van der Waals surface area contributed by atoms with Gasteiger partial charge in [0.05, 0.1) is 11.7 Å². The van der Waals surface area contributed by atoms with Gasteiger partial charge < -0.3 is 14.7 Å². The van der Waals surface area contributed by atoms with E-state index >= 15 is 0 Å². The van der Waals surface area contributed by atoms with Crippen LogP contribution in [0.3, 0.4) is 0 Å². The van der Waals surface area contributed by atoms with Crippen molar-refractivity contribution in [3.8, 4) is 0 Å². The minimum atomic E-state index is -0.118. The Hall–Kier alpha value is -2.01. The first-order valence-electron chi connectivity index (χ1n) is 7.74. The van der Waals surface area contributed by atoms with Crippen molar-refractivity contribution >= 4 is 23.3 Å². The number of carbonyl (C=O) groups is 1. The molecular formula is C17H20ClN3O2. The van der Waals surface area contributed by atoms with Crippen molar-refractivity contribution in [3.05, 3.63) is 45.8 Å². The van der Waals surface area contributed by atoms with Crippen molar-refractivity contribution < 1.29 is 9.32 Å². The summed E-state index contributed by atoms with van der Waals surface area (Å²) in [6.07, 6.45) is 1.89. The highest BCUT2D eigenvalue weighted by Gasteiger charge is 2.33. The number of aryl methyl sites for hydroxylation is 3. The minimum absolute atomic E-state index is 0.0159. The zero-order valence-electron chi connectivity index (χ0n) is 13.5. The monoisotopic (exact) mass is 333 g/mol. The predicted octanol–water partition coefficient (Wildman–Crippen LogP) is 4.62. The van der Waals surface area contributed by atoms with Crippen LogP contribution in [0.1, 0.15) is 41.5 Å². The number of anilines is 1. The first kappa shape index (κ1) is 15.9. The summed E-state index contributed by atoms with van der Waals surface area (Å²) in [6, 6.07) is 5.43. The Morgan fingerprint density at radius 1 is 1.39 bits per heavy atom. The average Bonchev–Trinajstić information content (AvgIpc) is 3.09. The summed E-state index contributed by atoms with van der Waals surface area (Å²) < 4.78 is 5.26. The lowest BCUT2D eigenvalue weighted by Gasteiger charge is -2.25. The van der Waals surface area contributed by atoms with E-state index in [2.05, 4.69) is 10.5 Å². The van der Waals surface area contributed by atoms with E-state index < -0.39 is 0 Å². The molecule has 1 aromatic carbocycles. The number of likely N-dealkylation sites (tertiary alicyclic amines) is 1. The number of halogens is 1. The van der Waals surface area contributed by atoms with E-state index in [1.807, 2.05) is 37.8 Å². The number of nitrogens with one attached hydrogen (secondary N) is 1. The maximum atomic E-state index is 12.7. The number of hydrogen-bond donors (Lipinski definition) is 1. The number of nitrogens with zero attached hydrogens (tertiary/aromatic N) is 2. The van der Waals surface area contributed by atoms with Gasteiger partial charge in [-0.2, -0.15) is 0 Å². The van der Waals surface area contributed by atoms with Gasteiger partial charge in [-0.15, -0.1) is 0 Å². The van der Waals surface area contributed by atoms with Gasteiger partial charge in [-0.05, 0) is 51.3 Å². The standard InChI is InChI=1S/C17H20ClN3O2/c1-10-6-7-13(9-14(10)18)19-17(22)21-8-4-5-15(21)16-11(2)20-23-12(16)3/h6-7,9,15H,4-5,8H2,1-3H3,(H,19,22). The van der Waals surface area contributed by atoms with E-state index in [4.69, 9.17) is 16.1 Å². The molecule has 6 heteroatoms. The molecule has 2 amide bonds. The summed E-state index contributed by atoms with van der Waals surface area (Å²) in [6.45, 7) is 6.46. The van der Waals surface area contributed by atoms with Gasteiger partial charge >= 0.3 is 6.03 Å². The third-order valence-electron chi connectivity index (χ3n) is 4.36. The molecule has 1 N–H and O–H groups in total. The quantitative estimate of drug-likeness (QED) is 0.872. The molecule has 1 unspecified atom stereocenters. The van der Waals surface area contributed by atoms with Crippen molar-refractivity contribution in [1.29, 1.82) is 0 Å². The maximum absolute atomic E-state index is 12.7. The molecule has 2 aromatic rings. The zero-order valence-corrected chi connectivity index (χ0v) is 14.3. The van der Waals surface area contributed by atoms with Gasteiger partial charge in [0, 0.05) is 22.8 Å². The fourth-order valence-electron chi connectivity index (χ4n) is 3.14. The van der Waals surface area contributed by atoms with E-state index in [-0.39, 0.29) is 12.1 Å². The number of benzene rings is 1. The number of carbonyl (C=O) groups excluding carboxylic acids is 1. The second-order valence-electron chi connectivity index (χ2n) is 5.98. The van der Waals surface area contributed by atoms with Crippen LogP contribution in [0.25, 0.3) is 0 Å². The molecule has 0 radical (unpaired) electrons. The summed E-state index contributed by atoms with van der Waals surface area (Å²) in [5.41, 5.74) is 3.57. The number of hydrogen-bond acceptors (Lipinski definition) is 3. The third-order valence-corrected chi connectivity index (χ3v) is 4.77. The van der Waals surface area contributed by atoms with E-state index in [9.17, 15) is 4.79 Å². The van der Waals surface area contributed by atoms with Crippen molar-refractivity contribution in [2.45, 2.75) is 39.7 Å². The second kappa shape index (κ2) is 6.24. The topological polar surface area (TPSA) is 58.4 Å². The number of amides is 2. The Kier molecular flexibility index (Phi) is 4.31. The SMILES string of the molecule is Cc1ccc(NC(=O)N2CCCC2c2c(C)noc2C)cc1Cl. The molecule has 1 atom stereocenters. The van der Waals surface area contributed by atoms with Crippen LogP contribution in [0.2, 0.25) is 5.02 Å². The highest BCUT2D eigenvalue weighted by atomic mass is 35.5. The van der Waals surface area contributed by atoms with Crippen LogP contribution in [0.4, 0.5) is 10.5 Å². The Labute approximate surface area is 140 Å². The minimum Gasteiger partial charge on any atom is -0.361 e. The van der Waals surface area contributed by atoms with Gasteiger partial charge in [0.2, 0.25) is 0 Å². The number of aromatic nitrogens is 1. The molecule has 1 fully saturated rings. The summed E-state index contributed by atoms with van der Waals surface area (Å²) in [4.78, 5) is 14.5. The summed E-state index contributed by atoms with van der Waals surface area (Å²) >= 11 is 6.12. The van der Waals surface area contributed by atoms with Gasteiger partial charge in [0.15, 0.2) is 0 Å². The lowest BCUT2D eigenvalue weighted by molar-refractivity contribution is 0.206. The molecular weight excluding hydrogens is 314 g/mol. The van der Waals surface area contributed by atoms with Crippen molar-refractivity contribution in [1.82, 2.24) is 10.1 Å². The van der Waals surface area contributed by atoms with Crippen LogP contribution < -0.4 is 5.32 Å². The predicted molar refractivity (Wildman–Crippen MR) is 89.9 cm³/mol. The molecule has 0 saturated carbocycles. The second-order valence-corrected chi connectivity index (χ2v) is 6.39. The number of urea groups is 1. The van der Waals surface area contributed by atoms with Gasteiger partial charge in [0.1, 0.15) is 5.76 Å². The Morgan fingerprint density at radius 3 is 2.83 bits per heavy atom. The molecule has 5 nitrogen and oxygen atoms in total. The summed E-state index contributed by atoms with van der Waals surface area (Å²) in [7, 11) is 0. The Balaban J connectivity index is 1.79. The Morgan fingerprint density at radius 2 is 2.17 bits per heavy atom. The van der Waals surface area contributed by atoms with Crippen LogP contribution in [-0.2, 0) is 0 Å². The van der Waals surface area contributed by atoms with Gasteiger partial charge in [-0.3, -0.25) is 0 Å². The van der Waals surface area contributed by atoms with Gasteiger partial charge in [-0.1, -0.05) is 22.8 Å². The smallest absolute Gasteiger partial charge is 0.322 e. The van der Waals surface area contributed by atoms with Crippen LogP contribution in [0.5, 0.6) is 0 Å².